The topological polar surface area (TPSA) is 97.9 Å². The van der Waals surface area contributed by atoms with Crippen LogP contribution >= 0.6 is 11.3 Å². The molecule has 1 unspecified atom stereocenters. The first-order valence-electron chi connectivity index (χ1n) is 11.0. The maximum absolute atomic E-state index is 13.4. The van der Waals surface area contributed by atoms with Crippen LogP contribution in [0, 0.1) is 5.95 Å². The Morgan fingerprint density at radius 2 is 2.24 bits per heavy atom. The highest BCUT2D eigenvalue weighted by Gasteiger charge is 2.21. The van der Waals surface area contributed by atoms with Crippen LogP contribution in [0.1, 0.15) is 52.0 Å². The Hall–Kier alpha value is -3.63. The number of nitrogens with one attached hydrogen (secondary N) is 1. The fraction of sp³-hybridized carbons (Fsp3) is 0.250. The Labute approximate surface area is 199 Å². The van der Waals surface area contributed by atoms with E-state index in [0.717, 1.165) is 36.3 Å². The molecule has 1 atom stereocenters. The van der Waals surface area contributed by atoms with Gasteiger partial charge in [-0.2, -0.15) is 4.39 Å². The molecule has 34 heavy (non-hydrogen) atoms. The lowest BCUT2D eigenvalue weighted by Gasteiger charge is -2.23. The molecule has 174 valence electrons. The number of rotatable bonds is 7. The molecule has 0 radical (unpaired) electrons. The number of imidazole rings is 1. The number of anilines is 1. The Bertz CT molecular complexity index is 1340. The van der Waals surface area contributed by atoms with Crippen molar-refractivity contribution >= 4 is 34.5 Å². The van der Waals surface area contributed by atoms with E-state index in [1.54, 1.807) is 35.3 Å². The van der Waals surface area contributed by atoms with Gasteiger partial charge in [-0.3, -0.25) is 10.1 Å². The molecule has 0 saturated carbocycles. The fourth-order valence-electron chi connectivity index (χ4n) is 4.18. The van der Waals surface area contributed by atoms with E-state index >= 15 is 0 Å². The van der Waals surface area contributed by atoms with E-state index in [-0.39, 0.29) is 18.6 Å². The monoisotopic (exact) mass is 478 g/mol. The Kier molecular flexibility index (Phi) is 6.33. The molecule has 5 rings (SSSR count). The van der Waals surface area contributed by atoms with Crippen molar-refractivity contribution in [2.24, 2.45) is 0 Å². The molecule has 2 N–H and O–H groups in total. The minimum Gasteiger partial charge on any atom is -0.394 e. The summed E-state index contributed by atoms with van der Waals surface area (Å²) in [5.74, 6) is -0.842. The highest BCUT2D eigenvalue weighted by atomic mass is 32.1. The van der Waals surface area contributed by atoms with Gasteiger partial charge in [0.2, 0.25) is 5.95 Å². The van der Waals surface area contributed by atoms with Crippen LogP contribution in [0.5, 0.6) is 0 Å². The summed E-state index contributed by atoms with van der Waals surface area (Å²) in [5, 5.41) is 14.8. The molecular formula is C24H23FN6O2S. The van der Waals surface area contributed by atoms with E-state index in [1.165, 1.54) is 23.6 Å². The molecule has 0 fully saturated rings. The lowest BCUT2D eigenvalue weighted by Crippen LogP contribution is -2.20. The first-order valence-corrected chi connectivity index (χ1v) is 11.9. The third-order valence-corrected chi connectivity index (χ3v) is 6.62. The van der Waals surface area contributed by atoms with Crippen molar-refractivity contribution in [1.29, 1.82) is 0 Å². The van der Waals surface area contributed by atoms with Crippen molar-refractivity contribution in [3.8, 4) is 0 Å². The maximum Gasteiger partial charge on any atom is 0.274 e. The SMILES string of the molecule is O=C(Nc1nc(/C=C/c2ncn3c2CCCC3CO)cs1)c1cccn1Cc1ccnc(F)c1. The van der Waals surface area contributed by atoms with Gasteiger partial charge in [-0.05, 0) is 61.2 Å². The number of pyridine rings is 1. The van der Waals surface area contributed by atoms with Gasteiger partial charge in [-0.15, -0.1) is 11.3 Å². The second-order valence-corrected chi connectivity index (χ2v) is 8.94. The molecule has 0 saturated heterocycles. The Morgan fingerprint density at radius 3 is 3.09 bits per heavy atom. The molecule has 0 spiro atoms. The van der Waals surface area contributed by atoms with Crippen LogP contribution in [-0.4, -0.2) is 41.7 Å². The molecule has 0 aromatic carbocycles. The zero-order chi connectivity index (χ0) is 23.5. The molecule has 10 heteroatoms. The summed E-state index contributed by atoms with van der Waals surface area (Å²) in [6.07, 6.45) is 11.7. The van der Waals surface area contributed by atoms with Crippen LogP contribution in [0.4, 0.5) is 9.52 Å². The summed E-state index contributed by atoms with van der Waals surface area (Å²) in [6, 6.07) is 6.64. The number of thiazole rings is 1. The molecule has 4 aromatic rings. The molecule has 1 aliphatic heterocycles. The van der Waals surface area contributed by atoms with E-state index in [2.05, 4.69) is 24.8 Å². The number of hydrogen-bond acceptors (Lipinski definition) is 6. The van der Waals surface area contributed by atoms with Crippen molar-refractivity contribution in [2.45, 2.75) is 31.8 Å². The van der Waals surface area contributed by atoms with Crippen molar-refractivity contribution in [2.75, 3.05) is 11.9 Å². The third kappa shape index (κ3) is 4.68. The molecule has 8 nitrogen and oxygen atoms in total. The van der Waals surface area contributed by atoms with Crippen LogP contribution in [0.3, 0.4) is 0 Å². The van der Waals surface area contributed by atoms with Crippen LogP contribution in [0.2, 0.25) is 0 Å². The lowest BCUT2D eigenvalue weighted by atomic mass is 10.0. The number of halogens is 1. The number of aromatic nitrogens is 5. The molecule has 0 aliphatic carbocycles. The molecule has 5 heterocycles. The number of carbonyl (C=O) groups is 1. The van der Waals surface area contributed by atoms with Crippen LogP contribution in [0.25, 0.3) is 12.2 Å². The molecule has 1 amide bonds. The van der Waals surface area contributed by atoms with E-state index in [9.17, 15) is 14.3 Å². The van der Waals surface area contributed by atoms with Crippen LogP contribution in [0.15, 0.2) is 48.4 Å². The van der Waals surface area contributed by atoms with E-state index in [4.69, 9.17) is 0 Å². The minimum absolute atomic E-state index is 0.0935. The number of aliphatic hydroxyl groups is 1. The number of fused-ring (bicyclic) bond motifs is 1. The highest BCUT2D eigenvalue weighted by molar-refractivity contribution is 7.14. The summed E-state index contributed by atoms with van der Waals surface area (Å²) < 4.78 is 17.2. The number of aliphatic hydroxyl groups excluding tert-OH is 1. The van der Waals surface area contributed by atoms with Gasteiger partial charge in [0.15, 0.2) is 5.13 Å². The molecular weight excluding hydrogens is 455 g/mol. The normalized spacial score (nSPS) is 15.5. The predicted molar refractivity (Wildman–Crippen MR) is 128 cm³/mol. The van der Waals surface area contributed by atoms with Gasteiger partial charge in [0.25, 0.3) is 5.91 Å². The summed E-state index contributed by atoms with van der Waals surface area (Å²) in [7, 11) is 0. The van der Waals surface area contributed by atoms with Crippen LogP contribution in [-0.2, 0) is 13.0 Å². The second kappa shape index (κ2) is 9.70. The third-order valence-electron chi connectivity index (χ3n) is 5.84. The summed E-state index contributed by atoms with van der Waals surface area (Å²) in [6.45, 7) is 0.470. The first kappa shape index (κ1) is 22.2. The predicted octanol–water partition coefficient (Wildman–Crippen LogP) is 4.02. The van der Waals surface area contributed by atoms with Gasteiger partial charge < -0.3 is 14.2 Å². The minimum atomic E-state index is -0.553. The fourth-order valence-corrected chi connectivity index (χ4v) is 4.85. The zero-order valence-electron chi connectivity index (χ0n) is 18.3. The largest absolute Gasteiger partial charge is 0.394 e. The summed E-state index contributed by atoms with van der Waals surface area (Å²) in [5.41, 5.74) is 3.89. The lowest BCUT2D eigenvalue weighted by molar-refractivity contribution is 0.101. The highest BCUT2D eigenvalue weighted by Crippen LogP contribution is 2.27. The van der Waals surface area contributed by atoms with Gasteiger partial charge in [-0.1, -0.05) is 0 Å². The zero-order valence-corrected chi connectivity index (χ0v) is 19.1. The van der Waals surface area contributed by atoms with Gasteiger partial charge in [0.1, 0.15) is 5.69 Å². The van der Waals surface area contributed by atoms with Crippen LogP contribution < -0.4 is 5.32 Å². The second-order valence-electron chi connectivity index (χ2n) is 8.09. The van der Waals surface area contributed by atoms with E-state index in [0.29, 0.717) is 22.9 Å². The van der Waals surface area contributed by atoms with Crippen molar-refractivity contribution in [3.05, 3.63) is 82.7 Å². The smallest absolute Gasteiger partial charge is 0.274 e. The number of nitrogens with zero attached hydrogens (tertiary/aromatic N) is 5. The summed E-state index contributed by atoms with van der Waals surface area (Å²) in [4.78, 5) is 25.4. The average Bonchev–Trinajstić information content (AvgIpc) is 3.57. The standard InChI is InChI=1S/C24H23FN6O2S/c25-22-11-16(8-9-26-22)12-30-10-2-5-21(30)23(33)29-24-28-17(14-34-24)6-7-19-20-4-1-3-18(13-32)31(20)15-27-19/h2,5-11,14-15,18,32H,1,3-4,12-13H2,(H,28,29,33)/b7-6+. The average molecular weight is 479 g/mol. The maximum atomic E-state index is 13.4. The number of carbonyl (C=O) groups excluding carboxylic acids is 1. The van der Waals surface area contributed by atoms with Crippen molar-refractivity contribution in [3.63, 3.8) is 0 Å². The molecule has 1 aliphatic rings. The van der Waals surface area contributed by atoms with Gasteiger partial charge in [0, 0.05) is 30.0 Å². The Morgan fingerprint density at radius 1 is 1.32 bits per heavy atom. The molecule has 4 aromatic heterocycles. The number of amides is 1. The van der Waals surface area contributed by atoms with E-state index in [1.807, 2.05) is 17.5 Å². The van der Waals surface area contributed by atoms with Gasteiger partial charge in [0.05, 0.1) is 30.4 Å². The Balaban J connectivity index is 1.26. The van der Waals surface area contributed by atoms with Gasteiger partial charge in [-0.25, -0.2) is 15.0 Å². The molecule has 0 bridgehead atoms. The van der Waals surface area contributed by atoms with Crippen molar-refractivity contribution in [1.82, 2.24) is 24.1 Å². The number of hydrogen-bond donors (Lipinski definition) is 2. The van der Waals surface area contributed by atoms with E-state index < -0.39 is 5.95 Å². The summed E-state index contributed by atoms with van der Waals surface area (Å²) >= 11 is 1.34. The first-order chi connectivity index (χ1) is 16.6. The van der Waals surface area contributed by atoms with Crippen molar-refractivity contribution < 1.29 is 14.3 Å². The quantitative estimate of drug-likeness (QED) is 0.391. The van der Waals surface area contributed by atoms with Gasteiger partial charge >= 0.3 is 0 Å².